The molecule has 1 aliphatic rings. The van der Waals surface area contributed by atoms with Crippen LogP contribution in [0.5, 0.6) is 5.75 Å². The van der Waals surface area contributed by atoms with Crippen LogP contribution in [0.3, 0.4) is 0 Å². The molecule has 0 amide bonds. The number of ether oxygens (including phenoxy) is 1. The summed E-state index contributed by atoms with van der Waals surface area (Å²) in [7, 11) is 0.863. The highest BCUT2D eigenvalue weighted by Gasteiger charge is 2.18. The monoisotopic (exact) mass is 257 g/mol. The van der Waals surface area contributed by atoms with Crippen molar-refractivity contribution in [1.82, 2.24) is 0 Å². The number of hydrogen-bond acceptors (Lipinski definition) is 3. The van der Waals surface area contributed by atoms with Crippen LogP contribution in [-0.4, -0.2) is 28.9 Å². The summed E-state index contributed by atoms with van der Waals surface area (Å²) in [6.07, 6.45) is 1.76. The number of nitrogens with one attached hydrogen (secondary N) is 1. The minimum atomic E-state index is -0.661. The molecule has 94 valence electrons. The second-order valence-corrected chi connectivity index (χ2v) is 5.81. The molecule has 5 heteroatoms. The van der Waals surface area contributed by atoms with Crippen molar-refractivity contribution < 1.29 is 13.3 Å². The Bertz CT molecular complexity index is 415. The molecule has 0 radical (unpaired) electrons. The number of methoxy groups -OCH3 is 1. The van der Waals surface area contributed by atoms with Crippen LogP contribution in [0.15, 0.2) is 18.2 Å². The van der Waals surface area contributed by atoms with Crippen LogP contribution >= 0.6 is 0 Å². The topological polar surface area (TPSA) is 38.3 Å². The highest BCUT2D eigenvalue weighted by Crippen LogP contribution is 2.27. The van der Waals surface area contributed by atoms with Crippen LogP contribution in [0.4, 0.5) is 10.1 Å². The lowest BCUT2D eigenvalue weighted by Gasteiger charge is -2.24. The average molecular weight is 257 g/mol. The third-order valence-corrected chi connectivity index (χ3v) is 4.29. The Balaban J connectivity index is 2.05. The van der Waals surface area contributed by atoms with E-state index in [1.54, 1.807) is 6.07 Å². The summed E-state index contributed by atoms with van der Waals surface area (Å²) in [5, 5.41) is 3.32. The van der Waals surface area contributed by atoms with Gasteiger partial charge in [0, 0.05) is 34.4 Å². The first-order chi connectivity index (χ1) is 8.19. The maximum Gasteiger partial charge on any atom is 0.144 e. The Labute approximate surface area is 103 Å². The first kappa shape index (κ1) is 12.4. The van der Waals surface area contributed by atoms with E-state index in [9.17, 15) is 8.60 Å². The zero-order chi connectivity index (χ0) is 12.3. The standard InChI is InChI=1S/C12H16FNO2S/c1-16-12-8-9(13)2-3-11(12)14-10-4-6-17(15)7-5-10/h2-3,8,10,14H,4-7H2,1H3. The lowest BCUT2D eigenvalue weighted by molar-refractivity contribution is 0.412. The van der Waals surface area contributed by atoms with Gasteiger partial charge in [0.05, 0.1) is 12.8 Å². The largest absolute Gasteiger partial charge is 0.494 e. The smallest absolute Gasteiger partial charge is 0.144 e. The molecule has 0 saturated carbocycles. The first-order valence-corrected chi connectivity index (χ1v) is 7.13. The van der Waals surface area contributed by atoms with Gasteiger partial charge in [-0.2, -0.15) is 0 Å². The average Bonchev–Trinajstić information content (AvgIpc) is 2.34. The van der Waals surface area contributed by atoms with Crippen LogP contribution in [0.2, 0.25) is 0 Å². The number of benzene rings is 1. The van der Waals surface area contributed by atoms with Gasteiger partial charge >= 0.3 is 0 Å². The molecule has 1 aromatic carbocycles. The van der Waals surface area contributed by atoms with Crippen molar-refractivity contribution >= 4 is 16.5 Å². The molecule has 3 nitrogen and oxygen atoms in total. The van der Waals surface area contributed by atoms with E-state index < -0.39 is 10.8 Å². The molecule has 2 rings (SSSR count). The van der Waals surface area contributed by atoms with Gasteiger partial charge in [-0.3, -0.25) is 4.21 Å². The van der Waals surface area contributed by atoms with Gasteiger partial charge in [-0.15, -0.1) is 0 Å². The predicted octanol–water partition coefficient (Wildman–Crippen LogP) is 2.16. The van der Waals surface area contributed by atoms with E-state index in [4.69, 9.17) is 4.74 Å². The van der Waals surface area contributed by atoms with Gasteiger partial charge in [0.2, 0.25) is 0 Å². The normalized spacial score (nSPS) is 24.4. The SMILES string of the molecule is COc1cc(F)ccc1NC1CCS(=O)CC1. The summed E-state index contributed by atoms with van der Waals surface area (Å²) >= 11 is 0. The Hall–Kier alpha value is -1.10. The quantitative estimate of drug-likeness (QED) is 0.901. The van der Waals surface area contributed by atoms with Crippen LogP contribution in [0, 0.1) is 5.82 Å². The van der Waals surface area contributed by atoms with Crippen LogP contribution in [-0.2, 0) is 10.8 Å². The molecule has 0 atom stereocenters. The molecule has 0 aromatic heterocycles. The van der Waals surface area contributed by atoms with Crippen LogP contribution < -0.4 is 10.1 Å². The summed E-state index contributed by atoms with van der Waals surface area (Å²) in [5.74, 6) is 1.68. The zero-order valence-electron chi connectivity index (χ0n) is 9.74. The summed E-state index contributed by atoms with van der Waals surface area (Å²) < 4.78 is 29.4. The molecule has 1 aromatic rings. The Morgan fingerprint density at radius 2 is 2.12 bits per heavy atom. The van der Waals surface area contributed by atoms with Crippen molar-refractivity contribution in [3.8, 4) is 5.75 Å². The molecule has 0 unspecified atom stereocenters. The molecular formula is C12H16FNO2S. The van der Waals surface area contributed by atoms with E-state index in [-0.39, 0.29) is 5.82 Å². The number of halogens is 1. The number of rotatable bonds is 3. The highest BCUT2D eigenvalue weighted by atomic mass is 32.2. The van der Waals surface area contributed by atoms with Crippen LogP contribution in [0.1, 0.15) is 12.8 Å². The lowest BCUT2D eigenvalue weighted by atomic mass is 10.1. The van der Waals surface area contributed by atoms with Crippen molar-refractivity contribution in [3.05, 3.63) is 24.0 Å². The summed E-state index contributed by atoms with van der Waals surface area (Å²) in [6, 6.07) is 4.75. The van der Waals surface area contributed by atoms with Crippen molar-refractivity contribution in [3.63, 3.8) is 0 Å². The molecule has 1 fully saturated rings. The molecule has 1 saturated heterocycles. The van der Waals surface area contributed by atoms with E-state index in [0.29, 0.717) is 11.8 Å². The second kappa shape index (κ2) is 5.49. The third kappa shape index (κ3) is 3.19. The minimum Gasteiger partial charge on any atom is -0.494 e. The van der Waals surface area contributed by atoms with E-state index in [1.165, 1.54) is 19.2 Å². The minimum absolute atomic E-state index is 0.298. The summed E-state index contributed by atoms with van der Waals surface area (Å²) in [6.45, 7) is 0. The third-order valence-electron chi connectivity index (χ3n) is 2.91. The van der Waals surface area contributed by atoms with E-state index >= 15 is 0 Å². The summed E-state index contributed by atoms with van der Waals surface area (Å²) in [5.41, 5.74) is 0.798. The second-order valence-electron chi connectivity index (χ2n) is 4.11. The maximum absolute atomic E-state index is 13.0. The zero-order valence-corrected chi connectivity index (χ0v) is 10.6. The van der Waals surface area contributed by atoms with Gasteiger partial charge in [-0.05, 0) is 25.0 Å². The van der Waals surface area contributed by atoms with E-state index in [0.717, 1.165) is 30.0 Å². The highest BCUT2D eigenvalue weighted by molar-refractivity contribution is 7.85. The van der Waals surface area contributed by atoms with Crippen molar-refractivity contribution in [2.24, 2.45) is 0 Å². The molecule has 17 heavy (non-hydrogen) atoms. The molecule has 0 bridgehead atoms. The van der Waals surface area contributed by atoms with E-state index in [1.807, 2.05) is 0 Å². The fourth-order valence-electron chi connectivity index (χ4n) is 1.94. The van der Waals surface area contributed by atoms with Crippen molar-refractivity contribution in [2.75, 3.05) is 23.9 Å². The molecular weight excluding hydrogens is 241 g/mol. The predicted molar refractivity (Wildman–Crippen MR) is 67.5 cm³/mol. The molecule has 1 heterocycles. The fraction of sp³-hybridized carbons (Fsp3) is 0.500. The van der Waals surface area contributed by atoms with Gasteiger partial charge in [-0.25, -0.2) is 4.39 Å². The Kier molecular flexibility index (Phi) is 3.99. The molecule has 1 aliphatic heterocycles. The van der Waals surface area contributed by atoms with E-state index in [2.05, 4.69) is 5.32 Å². The van der Waals surface area contributed by atoms with Crippen LogP contribution in [0.25, 0.3) is 0 Å². The molecule has 1 N–H and O–H groups in total. The maximum atomic E-state index is 13.0. The first-order valence-electron chi connectivity index (χ1n) is 5.64. The Morgan fingerprint density at radius 1 is 1.41 bits per heavy atom. The number of anilines is 1. The van der Waals surface area contributed by atoms with Gasteiger partial charge < -0.3 is 10.1 Å². The van der Waals surface area contributed by atoms with Gasteiger partial charge in [0.1, 0.15) is 11.6 Å². The van der Waals surface area contributed by atoms with Gasteiger partial charge in [-0.1, -0.05) is 0 Å². The Morgan fingerprint density at radius 3 is 2.76 bits per heavy atom. The van der Waals surface area contributed by atoms with Gasteiger partial charge in [0.15, 0.2) is 0 Å². The summed E-state index contributed by atoms with van der Waals surface area (Å²) in [4.78, 5) is 0. The molecule has 0 spiro atoms. The van der Waals surface area contributed by atoms with Gasteiger partial charge in [0.25, 0.3) is 0 Å². The number of hydrogen-bond donors (Lipinski definition) is 1. The molecule has 0 aliphatic carbocycles. The fourth-order valence-corrected chi connectivity index (χ4v) is 3.24. The lowest BCUT2D eigenvalue weighted by Crippen LogP contribution is -2.29. The van der Waals surface area contributed by atoms with Crippen molar-refractivity contribution in [2.45, 2.75) is 18.9 Å². The van der Waals surface area contributed by atoms with Crippen molar-refractivity contribution in [1.29, 1.82) is 0 Å².